The van der Waals surface area contributed by atoms with E-state index in [-0.39, 0.29) is 17.5 Å². The van der Waals surface area contributed by atoms with Crippen molar-refractivity contribution in [1.82, 2.24) is 30.1 Å². The Labute approximate surface area is 176 Å². The van der Waals surface area contributed by atoms with E-state index in [0.717, 1.165) is 5.69 Å². The van der Waals surface area contributed by atoms with Crippen LogP contribution in [-0.4, -0.2) is 48.7 Å². The lowest BCUT2D eigenvalue weighted by Gasteiger charge is -2.32. The fourth-order valence-corrected chi connectivity index (χ4v) is 3.35. The zero-order valence-electron chi connectivity index (χ0n) is 17.2. The third kappa shape index (κ3) is 3.90. The highest BCUT2D eigenvalue weighted by molar-refractivity contribution is 5.92. The molecule has 1 atom stereocenters. The van der Waals surface area contributed by atoms with Gasteiger partial charge in [0.05, 0.1) is 23.9 Å². The summed E-state index contributed by atoms with van der Waals surface area (Å²) in [6, 6.07) is -0.670. The minimum absolute atomic E-state index is 0.279. The summed E-state index contributed by atoms with van der Waals surface area (Å²) < 4.78 is 33.4. The number of nitrogens with zero attached hydrogens (tertiary/aromatic N) is 6. The van der Waals surface area contributed by atoms with Gasteiger partial charge in [0.25, 0.3) is 5.89 Å². The Morgan fingerprint density at radius 2 is 2.23 bits per heavy atom. The maximum Gasteiger partial charge on any atom is 0.312 e. The van der Waals surface area contributed by atoms with Gasteiger partial charge in [-0.2, -0.15) is 5.10 Å². The second-order valence-electron chi connectivity index (χ2n) is 7.48. The van der Waals surface area contributed by atoms with Gasteiger partial charge in [0.2, 0.25) is 0 Å². The summed E-state index contributed by atoms with van der Waals surface area (Å²) in [5.41, 5.74) is -0.123. The molecule has 9 nitrogen and oxygen atoms in total. The predicted molar refractivity (Wildman–Crippen MR) is 107 cm³/mol. The van der Waals surface area contributed by atoms with Gasteiger partial charge in [0, 0.05) is 24.9 Å². The lowest BCUT2D eigenvalue weighted by molar-refractivity contribution is 0.0661. The number of rotatable bonds is 4. The van der Waals surface area contributed by atoms with E-state index >= 15 is 0 Å². The molecular formula is C20H21F2N7O2. The van der Waals surface area contributed by atoms with Crippen molar-refractivity contribution in [2.45, 2.75) is 38.9 Å². The molecule has 2 aliphatic rings. The maximum atomic E-state index is 14.1. The van der Waals surface area contributed by atoms with Gasteiger partial charge in [-0.3, -0.25) is 4.79 Å². The van der Waals surface area contributed by atoms with E-state index in [9.17, 15) is 13.6 Å². The van der Waals surface area contributed by atoms with Crippen LogP contribution in [0.25, 0.3) is 0 Å². The number of carbonyl (C=O) groups is 1. The largest absolute Gasteiger partial charge is 0.413 e. The summed E-state index contributed by atoms with van der Waals surface area (Å²) in [6.45, 7) is 4.55. The number of nitrogens with one attached hydrogen (secondary N) is 1. The minimum atomic E-state index is -1.87. The number of halogens is 2. The van der Waals surface area contributed by atoms with Crippen molar-refractivity contribution in [2.24, 2.45) is 5.10 Å². The Kier molecular flexibility index (Phi) is 5.25. The average molecular weight is 429 g/mol. The van der Waals surface area contributed by atoms with Crippen molar-refractivity contribution in [3.8, 4) is 0 Å². The number of H-pyrrole nitrogens is 1. The number of hydrogen-bond donors (Lipinski definition) is 1. The number of alkyl halides is 1. The molecule has 0 unspecified atom stereocenters. The van der Waals surface area contributed by atoms with Gasteiger partial charge in [-0.25, -0.2) is 18.8 Å². The molecule has 0 saturated carbocycles. The molecule has 1 amide bonds. The molecule has 11 heteroatoms. The SMILES string of the molecule is C/C=C1/C(F)=CC=CN1/N=C/[C@H]1c2nc[nH]c2CCN1C(=O)c1nnc(C(C)(C)F)o1. The number of hydrogen-bond acceptors (Lipinski definition) is 7. The van der Waals surface area contributed by atoms with Crippen molar-refractivity contribution >= 4 is 12.1 Å². The van der Waals surface area contributed by atoms with E-state index in [4.69, 9.17) is 4.42 Å². The van der Waals surface area contributed by atoms with Crippen LogP contribution < -0.4 is 0 Å². The first kappa shape index (κ1) is 20.6. The third-order valence-corrected chi connectivity index (χ3v) is 4.91. The van der Waals surface area contributed by atoms with E-state index in [0.29, 0.717) is 18.7 Å². The highest BCUT2D eigenvalue weighted by Gasteiger charge is 2.36. The van der Waals surface area contributed by atoms with Crippen molar-refractivity contribution in [3.05, 3.63) is 65.4 Å². The van der Waals surface area contributed by atoms with Crippen molar-refractivity contribution in [3.63, 3.8) is 0 Å². The fraction of sp³-hybridized carbons (Fsp3) is 0.350. The molecular weight excluding hydrogens is 408 g/mol. The smallest absolute Gasteiger partial charge is 0.312 e. The fourth-order valence-electron chi connectivity index (χ4n) is 3.35. The lowest BCUT2D eigenvalue weighted by atomic mass is 10.0. The van der Waals surface area contributed by atoms with Crippen LogP contribution in [-0.2, 0) is 12.1 Å². The monoisotopic (exact) mass is 429 g/mol. The number of aromatic amines is 1. The average Bonchev–Trinajstić information content (AvgIpc) is 3.41. The highest BCUT2D eigenvalue weighted by atomic mass is 19.1. The maximum absolute atomic E-state index is 14.1. The van der Waals surface area contributed by atoms with E-state index in [2.05, 4.69) is 25.3 Å². The van der Waals surface area contributed by atoms with Gasteiger partial charge in [-0.05, 0) is 32.9 Å². The molecule has 1 N–H and O–H groups in total. The van der Waals surface area contributed by atoms with Crippen molar-refractivity contribution < 1.29 is 18.0 Å². The van der Waals surface area contributed by atoms with Crippen molar-refractivity contribution in [2.75, 3.05) is 6.54 Å². The number of aromatic nitrogens is 4. The number of imidazole rings is 1. The van der Waals surface area contributed by atoms with E-state index < -0.39 is 23.4 Å². The topological polar surface area (TPSA) is 104 Å². The molecule has 0 saturated heterocycles. The van der Waals surface area contributed by atoms with Crippen LogP contribution in [0.2, 0.25) is 0 Å². The van der Waals surface area contributed by atoms with Crippen LogP contribution in [0.15, 0.2) is 51.8 Å². The molecule has 0 radical (unpaired) electrons. The van der Waals surface area contributed by atoms with Crippen LogP contribution in [0.1, 0.15) is 54.8 Å². The Morgan fingerprint density at radius 1 is 1.42 bits per heavy atom. The second kappa shape index (κ2) is 7.89. The molecule has 0 bridgehead atoms. The summed E-state index contributed by atoms with van der Waals surface area (Å²) in [5.74, 6) is -1.60. The Balaban J connectivity index is 1.65. The van der Waals surface area contributed by atoms with Gasteiger partial charge < -0.3 is 14.3 Å². The summed E-state index contributed by atoms with van der Waals surface area (Å²) in [7, 11) is 0. The first-order valence-corrected chi connectivity index (χ1v) is 9.69. The summed E-state index contributed by atoms with van der Waals surface area (Å²) in [5, 5.41) is 13.1. The van der Waals surface area contributed by atoms with Gasteiger partial charge >= 0.3 is 11.8 Å². The molecule has 4 heterocycles. The molecule has 2 aliphatic heterocycles. The standard InChI is InChI=1S/C20H21F2N7O2/c1-4-14-12(21)6-5-8-29(14)25-10-15-16-13(23-11-24-16)7-9-28(15)18(30)17-26-27-19(31-17)20(2,3)22/h4-6,8,10-11,15H,7,9H2,1-3H3,(H,23,24)/b14-4-,25-10+/t15-/m0/s1. The zero-order chi connectivity index (χ0) is 22.2. The van der Waals surface area contributed by atoms with Crippen LogP contribution in [0, 0.1) is 0 Å². The second-order valence-corrected chi connectivity index (χ2v) is 7.48. The molecule has 2 aromatic heterocycles. The predicted octanol–water partition coefficient (Wildman–Crippen LogP) is 3.31. The molecule has 0 spiro atoms. The Morgan fingerprint density at radius 3 is 2.94 bits per heavy atom. The lowest BCUT2D eigenvalue weighted by Crippen LogP contribution is -2.41. The summed E-state index contributed by atoms with van der Waals surface area (Å²) in [4.78, 5) is 21.9. The van der Waals surface area contributed by atoms with Crippen LogP contribution in [0.3, 0.4) is 0 Å². The molecule has 162 valence electrons. The van der Waals surface area contributed by atoms with Crippen LogP contribution >= 0.6 is 0 Å². The molecule has 0 aromatic carbocycles. The number of fused-ring (bicyclic) bond motifs is 1. The highest BCUT2D eigenvalue weighted by Crippen LogP contribution is 2.30. The molecule has 0 fully saturated rings. The first-order chi connectivity index (χ1) is 14.8. The third-order valence-electron chi connectivity index (χ3n) is 4.91. The molecule has 31 heavy (non-hydrogen) atoms. The molecule has 0 aliphatic carbocycles. The van der Waals surface area contributed by atoms with Gasteiger partial charge in [0.1, 0.15) is 11.9 Å². The molecule has 2 aromatic rings. The van der Waals surface area contributed by atoms with E-state index in [1.54, 1.807) is 19.2 Å². The Bertz CT molecular complexity index is 1110. The van der Waals surface area contributed by atoms with Gasteiger partial charge in [-0.15, -0.1) is 10.2 Å². The van der Waals surface area contributed by atoms with Gasteiger partial charge in [0.15, 0.2) is 5.67 Å². The summed E-state index contributed by atoms with van der Waals surface area (Å²) >= 11 is 0. The van der Waals surface area contributed by atoms with Gasteiger partial charge in [-0.1, -0.05) is 6.08 Å². The Hall–Kier alpha value is -3.63. The number of carbonyl (C=O) groups excluding carboxylic acids is 1. The number of hydrazone groups is 1. The zero-order valence-corrected chi connectivity index (χ0v) is 17.2. The first-order valence-electron chi connectivity index (χ1n) is 9.69. The minimum Gasteiger partial charge on any atom is -0.413 e. The number of allylic oxidation sites excluding steroid dienone is 4. The van der Waals surface area contributed by atoms with E-state index in [1.165, 1.54) is 48.5 Å². The quantitative estimate of drug-likeness (QED) is 0.748. The van der Waals surface area contributed by atoms with E-state index in [1.807, 2.05) is 0 Å². The van der Waals surface area contributed by atoms with Crippen LogP contribution in [0.5, 0.6) is 0 Å². The van der Waals surface area contributed by atoms with Crippen molar-refractivity contribution in [1.29, 1.82) is 0 Å². The number of amides is 1. The molecule has 4 rings (SSSR count). The van der Waals surface area contributed by atoms with Crippen LogP contribution in [0.4, 0.5) is 8.78 Å². The normalized spacial score (nSPS) is 20.5. The summed E-state index contributed by atoms with van der Waals surface area (Å²) in [6.07, 6.45) is 9.63.